The highest BCUT2D eigenvalue weighted by molar-refractivity contribution is 6.02. The van der Waals surface area contributed by atoms with E-state index in [1.165, 1.54) is 47.9 Å². The molecule has 1 aliphatic rings. The molecule has 0 unspecified atom stereocenters. The molecule has 1 saturated heterocycles. The Hall–Kier alpha value is -13.1. The van der Waals surface area contributed by atoms with Crippen molar-refractivity contribution >= 4 is 111 Å². The molecule has 0 bridgehead atoms. The van der Waals surface area contributed by atoms with Crippen LogP contribution in [0.3, 0.4) is 0 Å². The number of likely N-dealkylation sites (tertiary alicyclic amines) is 1. The van der Waals surface area contributed by atoms with Crippen molar-refractivity contribution in [3.63, 3.8) is 0 Å². The van der Waals surface area contributed by atoms with E-state index in [0.717, 1.165) is 0 Å². The highest BCUT2D eigenvalue weighted by Gasteiger charge is 2.41. The Morgan fingerprint density at radius 3 is 1.55 bits per heavy atom. The summed E-state index contributed by atoms with van der Waals surface area (Å²) < 4.78 is 0. The number of aliphatic imine (C=N–C) groups is 1. The average Bonchev–Trinajstić information content (AvgIpc) is 1.38. The van der Waals surface area contributed by atoms with Gasteiger partial charge in [-0.25, -0.2) is 4.98 Å². The topological polar surface area (TPSA) is 688 Å². The summed E-state index contributed by atoms with van der Waals surface area (Å²) in [4.78, 5) is 236. The number of imidazole rings is 1. The lowest BCUT2D eigenvalue weighted by Gasteiger charge is -2.29. The number of nitrogens with one attached hydrogen (secondary N) is 13. The molecule has 6 rings (SSSR count). The molecular weight excluding hydrogens is 1510 g/mol. The van der Waals surface area contributed by atoms with Gasteiger partial charge in [0.2, 0.25) is 94.5 Å². The van der Waals surface area contributed by atoms with Crippen LogP contribution >= 0.6 is 0 Å². The standard InChI is InChI=1S/C75H105N23O18/c1-38(2)24-46(76)74(116)98-23-11-17-58(98)73(115)96-56(32-61(79)103)70(112)92-52(27-41-18-20-44(100)21-19-41)67(109)94-54(30-59(77)101)69(111)93-53(28-42-33-85-47-15-9-8-14-45(42)47)68(110)95-55(31-60(78)102)71(113)97-57(36-99)72(114)91-51(26-40-12-6-5-7-13-40)64(106)86-35-62(104)88-50(25-39(3)4)66(108)89-48(16-10-22-84-75(81)82)65(107)90-49(63(80)105)29-43-34-83-37-87-43/h5-9,12-15,18-21,33-34,37-39,46,48-58,85,99-100H,10-11,16-17,22-32,35-36,76H2,1-4H3,(H2,77,101)(H2,78,102)(H2,79,103)(H2,80,105)(H,83,87)(H,86,106)(H,88,104)(H,89,108)(H,90,107)(H,91,114)(H,92,112)(H,93,111)(H,94,109)(H,95,110)(H,96,115)(H,97,113)(H4,81,82,84)/t46-,48-,49-,50-,51-,52-,53-,54-,55-,56-,57-,58-/m0/s1. The summed E-state index contributed by atoms with van der Waals surface area (Å²) in [5, 5.41) is 48.3. The number of phenolic OH excluding ortho intramolecular Hbond substituents is 1. The van der Waals surface area contributed by atoms with Crippen molar-refractivity contribution in [2.45, 2.75) is 184 Å². The van der Waals surface area contributed by atoms with Crippen molar-refractivity contribution in [1.29, 1.82) is 0 Å². The Morgan fingerprint density at radius 2 is 1.01 bits per heavy atom. The molecule has 628 valence electrons. The number of benzene rings is 3. The number of hydrogen-bond acceptors (Lipinski definition) is 21. The van der Waals surface area contributed by atoms with Gasteiger partial charge in [-0.1, -0.05) is 88.4 Å². The third-order valence-corrected chi connectivity index (χ3v) is 18.5. The van der Waals surface area contributed by atoms with E-state index in [1.54, 1.807) is 68.4 Å². The fourth-order valence-corrected chi connectivity index (χ4v) is 12.7. The number of carbonyl (C=O) groups excluding carboxylic acids is 16. The molecular formula is C75H105N23O18. The molecule has 116 heavy (non-hydrogen) atoms. The van der Waals surface area contributed by atoms with E-state index < -0.39 is 212 Å². The first-order valence-corrected chi connectivity index (χ1v) is 37.5. The molecule has 16 amide bonds. The second-order valence-corrected chi connectivity index (χ2v) is 28.9. The molecule has 2 aromatic heterocycles. The maximum absolute atomic E-state index is 14.9. The number of fused-ring (bicyclic) bond motifs is 1. The van der Waals surface area contributed by atoms with Gasteiger partial charge in [0.05, 0.1) is 44.8 Å². The maximum atomic E-state index is 14.9. The number of aromatic nitrogens is 3. The van der Waals surface area contributed by atoms with E-state index in [9.17, 15) is 86.9 Å². The molecule has 1 fully saturated rings. The number of para-hydroxylation sites is 1. The van der Waals surface area contributed by atoms with E-state index in [0.29, 0.717) is 40.6 Å². The molecule has 12 atom stereocenters. The molecule has 0 radical (unpaired) electrons. The molecule has 41 heteroatoms. The maximum Gasteiger partial charge on any atom is 0.245 e. The first kappa shape index (κ1) is 91.8. The zero-order valence-corrected chi connectivity index (χ0v) is 64.7. The van der Waals surface area contributed by atoms with Crippen molar-refractivity contribution in [2.75, 3.05) is 26.2 Å². The molecule has 1 aliphatic heterocycles. The van der Waals surface area contributed by atoms with Gasteiger partial charge >= 0.3 is 0 Å². The zero-order chi connectivity index (χ0) is 85.5. The minimum absolute atomic E-state index is 0.00122. The summed E-state index contributed by atoms with van der Waals surface area (Å²) in [6, 6.07) is 1.13. The Labute approximate surface area is 666 Å². The van der Waals surface area contributed by atoms with Crippen molar-refractivity contribution in [3.8, 4) is 5.75 Å². The van der Waals surface area contributed by atoms with Crippen LogP contribution in [0.5, 0.6) is 5.75 Å². The van der Waals surface area contributed by atoms with Crippen LogP contribution in [0.25, 0.3) is 10.9 Å². The van der Waals surface area contributed by atoms with Crippen LogP contribution in [-0.2, 0) is 102 Å². The third kappa shape index (κ3) is 29.8. The first-order valence-electron chi connectivity index (χ1n) is 37.5. The molecule has 0 aliphatic carbocycles. The smallest absolute Gasteiger partial charge is 0.245 e. The van der Waals surface area contributed by atoms with E-state index in [1.807, 2.05) is 13.8 Å². The summed E-state index contributed by atoms with van der Waals surface area (Å²) in [5.74, 6) is -17.4. The fraction of sp³-hybridized carbons (Fsp3) is 0.467. The van der Waals surface area contributed by atoms with Gasteiger partial charge in [0.15, 0.2) is 5.96 Å². The van der Waals surface area contributed by atoms with Crippen molar-refractivity contribution in [1.82, 2.24) is 78.3 Å². The Bertz CT molecular complexity index is 4310. The predicted octanol–water partition coefficient (Wildman–Crippen LogP) is -6.60. The number of amides is 16. The Kier molecular flexibility index (Phi) is 35.6. The number of rotatable bonds is 47. The largest absolute Gasteiger partial charge is 0.508 e. The zero-order valence-electron chi connectivity index (χ0n) is 64.7. The Morgan fingerprint density at radius 1 is 0.526 bits per heavy atom. The second-order valence-electron chi connectivity index (χ2n) is 28.9. The second kappa shape index (κ2) is 45.0. The molecule has 3 heterocycles. The minimum atomic E-state index is -2.03. The Balaban J connectivity index is 1.20. The highest BCUT2D eigenvalue weighted by atomic mass is 16.3. The molecule has 0 spiro atoms. The van der Waals surface area contributed by atoms with Gasteiger partial charge in [0.25, 0.3) is 0 Å². The van der Waals surface area contributed by atoms with Crippen LogP contribution in [0.2, 0.25) is 0 Å². The number of primary amides is 4. The van der Waals surface area contributed by atoms with Gasteiger partial charge in [-0.3, -0.25) is 81.7 Å². The van der Waals surface area contributed by atoms with Crippen molar-refractivity contribution < 1.29 is 86.9 Å². The number of hydrogen-bond donors (Lipinski definition) is 22. The highest BCUT2D eigenvalue weighted by Crippen LogP contribution is 2.23. The number of aromatic hydroxyl groups is 1. The number of guanidine groups is 1. The van der Waals surface area contributed by atoms with Gasteiger partial charge in [0, 0.05) is 67.8 Å². The number of aliphatic hydroxyl groups is 1. The third-order valence-electron chi connectivity index (χ3n) is 18.5. The van der Waals surface area contributed by atoms with Crippen LogP contribution in [0.1, 0.15) is 108 Å². The number of nitrogens with two attached hydrogens (primary N) is 7. The SMILES string of the molecule is CC(C)C[C@H](NC(=O)CNC(=O)[C@H](Cc1ccccc1)NC(=O)[C@H](CO)NC(=O)[C@H](CC(N)=O)NC(=O)[C@H](Cc1c[nH]c2ccccc12)NC(=O)[C@H](CC(N)=O)NC(=O)[C@H](Cc1ccc(O)cc1)NC(=O)[C@H](CC(N)=O)NC(=O)[C@@H]1CCCN1C(=O)[C@@H](N)CC(C)C)C(=O)N[C@@H](CCCN=C(N)N)C(=O)N[C@@H](Cc1cnc[nH]1)C(N)=O. The summed E-state index contributed by atoms with van der Waals surface area (Å²) in [5.41, 5.74) is 41.8. The van der Waals surface area contributed by atoms with Crippen LogP contribution in [0.15, 0.2) is 103 Å². The number of aliphatic hydroxyl groups excluding tert-OH is 1. The van der Waals surface area contributed by atoms with Crippen LogP contribution in [0.4, 0.5) is 0 Å². The van der Waals surface area contributed by atoms with E-state index in [2.05, 4.69) is 78.4 Å². The predicted molar refractivity (Wildman–Crippen MR) is 418 cm³/mol. The van der Waals surface area contributed by atoms with Crippen molar-refractivity contribution in [3.05, 3.63) is 120 Å². The van der Waals surface area contributed by atoms with Crippen LogP contribution < -0.4 is 98.6 Å². The van der Waals surface area contributed by atoms with Gasteiger partial charge < -0.3 is 124 Å². The number of aromatic amines is 2. The lowest BCUT2D eigenvalue weighted by molar-refractivity contribution is -0.141. The first-order chi connectivity index (χ1) is 55.0. The summed E-state index contributed by atoms with van der Waals surface area (Å²) >= 11 is 0. The summed E-state index contributed by atoms with van der Waals surface area (Å²) in [6.07, 6.45) is 1.19. The number of H-pyrrole nitrogens is 2. The van der Waals surface area contributed by atoms with Gasteiger partial charge in [-0.15, -0.1) is 0 Å². The van der Waals surface area contributed by atoms with Crippen LogP contribution in [0, 0.1) is 11.8 Å². The average molecular weight is 1620 g/mol. The van der Waals surface area contributed by atoms with Crippen LogP contribution in [-0.4, -0.2) is 229 Å². The summed E-state index contributed by atoms with van der Waals surface area (Å²) in [6.45, 7) is 5.41. The lowest BCUT2D eigenvalue weighted by atomic mass is 10.0. The van der Waals surface area contributed by atoms with Gasteiger partial charge in [-0.2, -0.15) is 0 Å². The fourth-order valence-electron chi connectivity index (χ4n) is 12.7. The van der Waals surface area contributed by atoms with E-state index in [4.69, 9.17) is 40.1 Å². The van der Waals surface area contributed by atoms with Gasteiger partial charge in [-0.05, 0) is 85.3 Å². The molecule has 3 aromatic carbocycles. The number of phenols is 1. The van der Waals surface area contributed by atoms with E-state index in [-0.39, 0.29) is 80.7 Å². The number of carbonyl (C=O) groups is 16. The molecule has 0 saturated carbocycles. The molecule has 41 nitrogen and oxygen atoms in total. The lowest BCUT2D eigenvalue weighted by Crippen LogP contribution is -2.62. The number of nitrogens with zero attached hydrogens (tertiary/aromatic N) is 3. The normalized spacial score (nSPS) is 15.3. The molecule has 5 aromatic rings. The quantitative estimate of drug-likeness (QED) is 0.00978. The minimum Gasteiger partial charge on any atom is -0.508 e. The van der Waals surface area contributed by atoms with Crippen molar-refractivity contribution in [2.24, 2.45) is 57.0 Å². The summed E-state index contributed by atoms with van der Waals surface area (Å²) in [7, 11) is 0. The monoisotopic (exact) mass is 1620 g/mol. The molecule has 29 N–H and O–H groups in total. The van der Waals surface area contributed by atoms with Gasteiger partial charge in [0.1, 0.15) is 72.2 Å². The van der Waals surface area contributed by atoms with E-state index >= 15 is 0 Å².